The molecule has 122 valence electrons. The molecule has 0 saturated carbocycles. The number of hydrogen-bond donors (Lipinski definition) is 0. The molecular weight excluding hydrogens is 290 g/mol. The summed E-state index contributed by atoms with van der Waals surface area (Å²) in [5.74, 6) is 1.04. The van der Waals surface area contributed by atoms with Gasteiger partial charge in [0.05, 0.1) is 6.04 Å². The van der Waals surface area contributed by atoms with Gasteiger partial charge in [-0.25, -0.2) is 4.98 Å². The zero-order valence-electron chi connectivity index (χ0n) is 13.7. The molecule has 0 bridgehead atoms. The molecule has 2 heterocycles. The van der Waals surface area contributed by atoms with Gasteiger partial charge in [-0.15, -0.1) is 0 Å². The van der Waals surface area contributed by atoms with Crippen molar-refractivity contribution in [2.24, 2.45) is 0 Å². The van der Waals surface area contributed by atoms with E-state index in [2.05, 4.69) is 9.55 Å². The normalized spacial score (nSPS) is 19.6. The van der Waals surface area contributed by atoms with Crippen LogP contribution < -0.4 is 0 Å². The summed E-state index contributed by atoms with van der Waals surface area (Å²) in [5, 5.41) is 0. The number of imidazole rings is 1. The standard InChI is InChI=1S/C18H23N3O2/c1-14-19-10-12-21(14)16-9-6-11-20(13-16)18(22)17(23-2)15-7-4-3-5-8-15/h3-5,7-8,10,12,16-17H,6,9,11,13H2,1-2H3. The molecule has 1 aromatic carbocycles. The first kappa shape index (κ1) is 15.7. The van der Waals surface area contributed by atoms with Crippen molar-refractivity contribution in [2.45, 2.75) is 31.9 Å². The smallest absolute Gasteiger partial charge is 0.256 e. The summed E-state index contributed by atoms with van der Waals surface area (Å²) < 4.78 is 7.66. The first-order valence-corrected chi connectivity index (χ1v) is 8.06. The lowest BCUT2D eigenvalue weighted by molar-refractivity contribution is -0.144. The van der Waals surface area contributed by atoms with Gasteiger partial charge < -0.3 is 14.2 Å². The van der Waals surface area contributed by atoms with Crippen LogP contribution in [0.15, 0.2) is 42.7 Å². The van der Waals surface area contributed by atoms with Gasteiger partial charge >= 0.3 is 0 Å². The van der Waals surface area contributed by atoms with E-state index in [1.54, 1.807) is 7.11 Å². The number of aryl methyl sites for hydroxylation is 1. The first-order chi connectivity index (χ1) is 11.2. The zero-order valence-corrected chi connectivity index (χ0v) is 13.7. The van der Waals surface area contributed by atoms with Crippen LogP contribution in [-0.2, 0) is 9.53 Å². The highest BCUT2D eigenvalue weighted by Crippen LogP contribution is 2.26. The molecule has 2 aromatic rings. The summed E-state index contributed by atoms with van der Waals surface area (Å²) in [6.07, 6.45) is 5.36. The zero-order chi connectivity index (χ0) is 16.2. The quantitative estimate of drug-likeness (QED) is 0.872. The van der Waals surface area contributed by atoms with Crippen LogP contribution in [0.25, 0.3) is 0 Å². The van der Waals surface area contributed by atoms with E-state index in [9.17, 15) is 4.79 Å². The molecule has 1 fully saturated rings. The van der Waals surface area contributed by atoms with Crippen molar-refractivity contribution in [1.29, 1.82) is 0 Å². The van der Waals surface area contributed by atoms with Crippen molar-refractivity contribution in [1.82, 2.24) is 14.5 Å². The van der Waals surface area contributed by atoms with E-state index in [0.717, 1.165) is 30.8 Å². The van der Waals surface area contributed by atoms with Gasteiger partial charge in [0.1, 0.15) is 5.82 Å². The summed E-state index contributed by atoms with van der Waals surface area (Å²) in [4.78, 5) is 19.1. The highest BCUT2D eigenvalue weighted by Gasteiger charge is 2.30. The molecule has 23 heavy (non-hydrogen) atoms. The third kappa shape index (κ3) is 3.29. The first-order valence-electron chi connectivity index (χ1n) is 8.06. The fraction of sp³-hybridized carbons (Fsp3) is 0.444. The average Bonchev–Trinajstić information content (AvgIpc) is 3.02. The van der Waals surface area contributed by atoms with Crippen molar-refractivity contribution < 1.29 is 9.53 Å². The van der Waals surface area contributed by atoms with E-state index in [0.29, 0.717) is 12.6 Å². The van der Waals surface area contributed by atoms with Crippen molar-refractivity contribution in [3.63, 3.8) is 0 Å². The molecule has 5 heteroatoms. The molecule has 1 aliphatic heterocycles. The number of aromatic nitrogens is 2. The second-order valence-corrected chi connectivity index (χ2v) is 5.99. The predicted octanol–water partition coefficient (Wildman–Crippen LogP) is 2.74. The van der Waals surface area contributed by atoms with Gasteiger partial charge in [0, 0.05) is 32.6 Å². The van der Waals surface area contributed by atoms with Crippen LogP contribution in [-0.4, -0.2) is 40.6 Å². The topological polar surface area (TPSA) is 47.4 Å². The van der Waals surface area contributed by atoms with Crippen LogP contribution in [0, 0.1) is 6.92 Å². The Kier molecular flexibility index (Phi) is 4.76. The minimum absolute atomic E-state index is 0.0427. The second-order valence-electron chi connectivity index (χ2n) is 5.99. The van der Waals surface area contributed by atoms with E-state index < -0.39 is 6.10 Å². The van der Waals surface area contributed by atoms with Crippen LogP contribution >= 0.6 is 0 Å². The fourth-order valence-corrected chi connectivity index (χ4v) is 3.33. The lowest BCUT2D eigenvalue weighted by atomic mass is 10.0. The van der Waals surface area contributed by atoms with Gasteiger partial charge in [-0.1, -0.05) is 30.3 Å². The fourth-order valence-electron chi connectivity index (χ4n) is 3.33. The Labute approximate surface area is 136 Å². The Morgan fingerprint density at radius 1 is 1.35 bits per heavy atom. The number of benzene rings is 1. The minimum Gasteiger partial charge on any atom is -0.367 e. The lowest BCUT2D eigenvalue weighted by Gasteiger charge is -2.35. The number of amides is 1. The SMILES string of the molecule is COC(C(=O)N1CCCC(n2ccnc2C)C1)c1ccccc1. The number of likely N-dealkylation sites (tertiary alicyclic amines) is 1. The van der Waals surface area contributed by atoms with Crippen LogP contribution in [0.1, 0.15) is 36.4 Å². The van der Waals surface area contributed by atoms with Gasteiger partial charge in [-0.3, -0.25) is 4.79 Å². The van der Waals surface area contributed by atoms with Gasteiger partial charge in [-0.05, 0) is 25.3 Å². The largest absolute Gasteiger partial charge is 0.367 e. The highest BCUT2D eigenvalue weighted by atomic mass is 16.5. The molecule has 3 rings (SSSR count). The molecule has 0 aliphatic carbocycles. The maximum Gasteiger partial charge on any atom is 0.256 e. The van der Waals surface area contributed by atoms with E-state index in [1.807, 2.05) is 54.5 Å². The van der Waals surface area contributed by atoms with Gasteiger partial charge in [0.25, 0.3) is 5.91 Å². The average molecular weight is 313 g/mol. The Balaban J connectivity index is 1.75. The number of ether oxygens (including phenoxy) is 1. The summed E-state index contributed by atoms with van der Waals surface area (Å²) in [5.41, 5.74) is 0.904. The molecule has 1 aromatic heterocycles. The molecule has 1 saturated heterocycles. The number of carbonyl (C=O) groups excluding carboxylic acids is 1. The molecule has 2 unspecified atom stereocenters. The lowest BCUT2D eigenvalue weighted by Crippen LogP contribution is -2.43. The monoisotopic (exact) mass is 313 g/mol. The van der Waals surface area contributed by atoms with Crippen LogP contribution in [0.3, 0.4) is 0 Å². The summed E-state index contributed by atoms with van der Waals surface area (Å²) >= 11 is 0. The number of carbonyl (C=O) groups is 1. The molecule has 0 N–H and O–H groups in total. The van der Waals surface area contributed by atoms with Crippen molar-refractivity contribution >= 4 is 5.91 Å². The third-order valence-electron chi connectivity index (χ3n) is 4.53. The third-order valence-corrected chi connectivity index (χ3v) is 4.53. The predicted molar refractivity (Wildman–Crippen MR) is 88.0 cm³/mol. The van der Waals surface area contributed by atoms with E-state index in [4.69, 9.17) is 4.74 Å². The highest BCUT2D eigenvalue weighted by molar-refractivity contribution is 5.82. The Morgan fingerprint density at radius 3 is 2.78 bits per heavy atom. The molecule has 0 radical (unpaired) electrons. The molecule has 1 amide bonds. The van der Waals surface area contributed by atoms with Crippen molar-refractivity contribution in [3.8, 4) is 0 Å². The number of piperidine rings is 1. The van der Waals surface area contributed by atoms with Gasteiger partial charge in [-0.2, -0.15) is 0 Å². The molecule has 0 spiro atoms. The maximum atomic E-state index is 12.9. The maximum absolute atomic E-state index is 12.9. The van der Waals surface area contributed by atoms with Gasteiger partial charge in [0.15, 0.2) is 6.10 Å². The second kappa shape index (κ2) is 6.96. The van der Waals surface area contributed by atoms with E-state index in [1.165, 1.54) is 0 Å². The van der Waals surface area contributed by atoms with Gasteiger partial charge in [0.2, 0.25) is 0 Å². The molecule has 1 aliphatic rings. The number of nitrogens with zero attached hydrogens (tertiary/aromatic N) is 3. The molecule has 2 atom stereocenters. The summed E-state index contributed by atoms with van der Waals surface area (Å²) in [7, 11) is 1.59. The van der Waals surface area contributed by atoms with E-state index >= 15 is 0 Å². The Morgan fingerprint density at radius 2 is 2.13 bits per heavy atom. The number of rotatable bonds is 4. The molecular formula is C18H23N3O2. The summed E-state index contributed by atoms with van der Waals surface area (Å²) in [6.45, 7) is 3.50. The number of methoxy groups -OCH3 is 1. The Bertz CT molecular complexity index is 653. The van der Waals surface area contributed by atoms with Crippen LogP contribution in [0.5, 0.6) is 0 Å². The minimum atomic E-state index is -0.529. The molecule has 5 nitrogen and oxygen atoms in total. The van der Waals surface area contributed by atoms with E-state index in [-0.39, 0.29) is 5.91 Å². The van der Waals surface area contributed by atoms with Crippen molar-refractivity contribution in [3.05, 3.63) is 54.1 Å². The Hall–Kier alpha value is -2.14. The van der Waals surface area contributed by atoms with Crippen LogP contribution in [0.2, 0.25) is 0 Å². The number of hydrogen-bond acceptors (Lipinski definition) is 3. The summed E-state index contributed by atoms with van der Waals surface area (Å²) in [6, 6.07) is 9.98. The van der Waals surface area contributed by atoms with Crippen LogP contribution in [0.4, 0.5) is 0 Å². The van der Waals surface area contributed by atoms with Crippen molar-refractivity contribution in [2.75, 3.05) is 20.2 Å².